The van der Waals surface area contributed by atoms with E-state index >= 15 is 0 Å². The molecule has 0 aromatic rings. The summed E-state index contributed by atoms with van der Waals surface area (Å²) < 4.78 is 11.2. The fourth-order valence-electron chi connectivity index (χ4n) is 6.39. The SMILES string of the molecule is CCCCC/C=C\C/C=C\C/C=C\CCCCCCCCC(=O)OC(CO)COCCCCCCCCCCCCCCCCCCCCC. The molecule has 0 amide bonds. The minimum absolute atomic E-state index is 0.174. The molecule has 4 heteroatoms. The number of unbranched alkanes of at least 4 members (excludes halogenated alkanes) is 27. The predicted molar refractivity (Wildman–Crippen MR) is 219 cm³/mol. The summed E-state index contributed by atoms with van der Waals surface area (Å²) in [5, 5.41) is 9.61. The van der Waals surface area contributed by atoms with Crippen molar-refractivity contribution in [2.24, 2.45) is 0 Å². The molecule has 0 aromatic heterocycles. The van der Waals surface area contributed by atoms with E-state index in [-0.39, 0.29) is 12.6 Å². The summed E-state index contributed by atoms with van der Waals surface area (Å²) in [6.07, 6.45) is 54.9. The smallest absolute Gasteiger partial charge is 0.306 e. The van der Waals surface area contributed by atoms with Crippen molar-refractivity contribution in [3.05, 3.63) is 36.5 Å². The Kier molecular flexibility index (Phi) is 42.6. The Bertz CT molecular complexity index is 742. The van der Waals surface area contributed by atoms with Gasteiger partial charge in [0, 0.05) is 13.0 Å². The quantitative estimate of drug-likeness (QED) is 0.0391. The van der Waals surface area contributed by atoms with E-state index in [1.807, 2.05) is 0 Å². The monoisotopic (exact) mass is 703 g/mol. The maximum absolute atomic E-state index is 12.2. The van der Waals surface area contributed by atoms with Gasteiger partial charge >= 0.3 is 5.97 Å². The van der Waals surface area contributed by atoms with Gasteiger partial charge in [-0.15, -0.1) is 0 Å². The van der Waals surface area contributed by atoms with Gasteiger partial charge in [-0.2, -0.15) is 0 Å². The molecule has 1 atom stereocenters. The highest BCUT2D eigenvalue weighted by Gasteiger charge is 2.13. The zero-order valence-electron chi connectivity index (χ0n) is 33.7. The fourth-order valence-corrected chi connectivity index (χ4v) is 6.39. The number of hydrogen-bond donors (Lipinski definition) is 1. The van der Waals surface area contributed by atoms with Crippen LogP contribution in [0.1, 0.15) is 226 Å². The van der Waals surface area contributed by atoms with Crippen molar-refractivity contribution in [3.63, 3.8) is 0 Å². The summed E-state index contributed by atoms with van der Waals surface area (Å²) in [4.78, 5) is 12.2. The summed E-state index contributed by atoms with van der Waals surface area (Å²) >= 11 is 0. The van der Waals surface area contributed by atoms with E-state index in [0.717, 1.165) is 44.9 Å². The lowest BCUT2D eigenvalue weighted by molar-refractivity contribution is -0.154. The molecule has 0 spiro atoms. The third-order valence-electron chi connectivity index (χ3n) is 9.72. The van der Waals surface area contributed by atoms with E-state index in [0.29, 0.717) is 19.6 Å². The number of carbonyl (C=O) groups excluding carboxylic acids is 1. The molecule has 0 saturated carbocycles. The van der Waals surface area contributed by atoms with Crippen molar-refractivity contribution >= 4 is 5.97 Å². The molecule has 0 saturated heterocycles. The van der Waals surface area contributed by atoms with Crippen molar-refractivity contribution in [1.29, 1.82) is 0 Å². The van der Waals surface area contributed by atoms with Gasteiger partial charge in [-0.05, 0) is 51.4 Å². The maximum atomic E-state index is 12.2. The van der Waals surface area contributed by atoms with Gasteiger partial charge in [-0.25, -0.2) is 0 Å². The molecule has 1 N–H and O–H groups in total. The molecule has 0 rings (SSSR count). The lowest BCUT2D eigenvalue weighted by Crippen LogP contribution is -2.27. The normalized spacial score (nSPS) is 12.6. The average molecular weight is 703 g/mol. The second kappa shape index (κ2) is 43.8. The summed E-state index contributed by atoms with van der Waals surface area (Å²) in [6.45, 7) is 5.34. The van der Waals surface area contributed by atoms with Gasteiger partial charge in [-0.1, -0.05) is 204 Å². The van der Waals surface area contributed by atoms with Crippen LogP contribution in [0.15, 0.2) is 36.5 Å². The van der Waals surface area contributed by atoms with Crippen LogP contribution in [0.25, 0.3) is 0 Å². The van der Waals surface area contributed by atoms with Crippen LogP contribution in [-0.4, -0.2) is 37.0 Å². The number of hydrogen-bond acceptors (Lipinski definition) is 4. The van der Waals surface area contributed by atoms with Gasteiger partial charge < -0.3 is 14.6 Å². The Morgan fingerprint density at radius 3 is 1.30 bits per heavy atom. The second-order valence-corrected chi connectivity index (χ2v) is 14.8. The zero-order valence-corrected chi connectivity index (χ0v) is 33.7. The molecule has 50 heavy (non-hydrogen) atoms. The van der Waals surface area contributed by atoms with Gasteiger partial charge in [0.15, 0.2) is 0 Å². The fraction of sp³-hybridized carbons (Fsp3) is 0.848. The number of allylic oxidation sites excluding steroid dienone is 6. The largest absolute Gasteiger partial charge is 0.457 e. The molecule has 0 bridgehead atoms. The lowest BCUT2D eigenvalue weighted by Gasteiger charge is -2.16. The van der Waals surface area contributed by atoms with Crippen molar-refractivity contribution in [3.8, 4) is 0 Å². The molecule has 0 radical (unpaired) electrons. The van der Waals surface area contributed by atoms with Crippen LogP contribution < -0.4 is 0 Å². The minimum atomic E-state index is -0.538. The summed E-state index contributed by atoms with van der Waals surface area (Å²) in [5.74, 6) is -0.210. The van der Waals surface area contributed by atoms with E-state index in [1.54, 1.807) is 0 Å². The highest BCUT2D eigenvalue weighted by molar-refractivity contribution is 5.69. The van der Waals surface area contributed by atoms with Crippen LogP contribution in [0, 0.1) is 0 Å². The Hall–Kier alpha value is -1.39. The van der Waals surface area contributed by atoms with Crippen LogP contribution in [-0.2, 0) is 14.3 Å². The first kappa shape index (κ1) is 48.6. The standard InChI is InChI=1S/C46H86O4/c1-3-5-7-9-11-13-15-17-19-21-23-25-27-29-31-33-35-37-39-41-46(48)50-45(43-47)44-49-42-40-38-36-34-32-30-28-26-24-22-20-18-16-14-12-10-8-6-4-2/h11,13,17,19,23,25,45,47H,3-10,12,14-16,18,20-22,24,26-44H2,1-2H3/b13-11-,19-17-,25-23-. The Morgan fingerprint density at radius 2 is 0.840 bits per heavy atom. The average Bonchev–Trinajstić information content (AvgIpc) is 3.12. The number of ether oxygens (including phenoxy) is 2. The van der Waals surface area contributed by atoms with Crippen LogP contribution in [0.2, 0.25) is 0 Å². The van der Waals surface area contributed by atoms with Crippen LogP contribution in [0.5, 0.6) is 0 Å². The second-order valence-electron chi connectivity index (χ2n) is 14.8. The van der Waals surface area contributed by atoms with Gasteiger partial charge in [-0.3, -0.25) is 4.79 Å². The molecular weight excluding hydrogens is 617 g/mol. The first-order valence-electron chi connectivity index (χ1n) is 22.1. The van der Waals surface area contributed by atoms with Crippen molar-refractivity contribution in [2.75, 3.05) is 19.8 Å². The molecule has 4 nitrogen and oxygen atoms in total. The molecule has 0 aliphatic heterocycles. The Balaban J connectivity index is 3.43. The van der Waals surface area contributed by atoms with E-state index in [1.165, 1.54) is 161 Å². The van der Waals surface area contributed by atoms with E-state index < -0.39 is 6.10 Å². The van der Waals surface area contributed by atoms with Crippen LogP contribution in [0.4, 0.5) is 0 Å². The minimum Gasteiger partial charge on any atom is -0.457 e. The number of carbonyl (C=O) groups is 1. The van der Waals surface area contributed by atoms with E-state index in [4.69, 9.17) is 9.47 Å². The number of esters is 1. The van der Waals surface area contributed by atoms with Crippen molar-refractivity contribution in [1.82, 2.24) is 0 Å². The molecule has 1 unspecified atom stereocenters. The van der Waals surface area contributed by atoms with Crippen LogP contribution in [0.3, 0.4) is 0 Å². The molecule has 0 fully saturated rings. The van der Waals surface area contributed by atoms with Gasteiger partial charge in [0.25, 0.3) is 0 Å². The maximum Gasteiger partial charge on any atom is 0.306 e. The first-order chi connectivity index (χ1) is 24.7. The first-order valence-corrected chi connectivity index (χ1v) is 22.1. The van der Waals surface area contributed by atoms with E-state index in [2.05, 4.69) is 50.3 Å². The highest BCUT2D eigenvalue weighted by atomic mass is 16.6. The number of aliphatic hydroxyl groups excluding tert-OH is 1. The van der Waals surface area contributed by atoms with Crippen molar-refractivity contribution < 1.29 is 19.4 Å². The molecule has 0 heterocycles. The molecule has 0 aliphatic rings. The lowest BCUT2D eigenvalue weighted by atomic mass is 10.0. The van der Waals surface area contributed by atoms with Crippen molar-refractivity contribution in [2.45, 2.75) is 232 Å². The highest BCUT2D eigenvalue weighted by Crippen LogP contribution is 2.15. The summed E-state index contributed by atoms with van der Waals surface area (Å²) in [6, 6.07) is 0. The predicted octanol–water partition coefficient (Wildman–Crippen LogP) is 14.5. The molecular formula is C46H86O4. The molecule has 0 aliphatic carbocycles. The number of rotatable bonds is 41. The zero-order chi connectivity index (χ0) is 36.3. The Labute approximate surface area is 312 Å². The third-order valence-corrected chi connectivity index (χ3v) is 9.72. The van der Waals surface area contributed by atoms with E-state index in [9.17, 15) is 9.90 Å². The van der Waals surface area contributed by atoms with Gasteiger partial charge in [0.05, 0.1) is 13.2 Å². The number of aliphatic hydroxyl groups is 1. The van der Waals surface area contributed by atoms with Gasteiger partial charge in [0.1, 0.15) is 6.10 Å². The van der Waals surface area contributed by atoms with Gasteiger partial charge in [0.2, 0.25) is 0 Å². The van der Waals surface area contributed by atoms with Crippen LogP contribution >= 0.6 is 0 Å². The summed E-state index contributed by atoms with van der Waals surface area (Å²) in [7, 11) is 0. The molecule has 0 aromatic carbocycles. The topological polar surface area (TPSA) is 55.8 Å². The third kappa shape index (κ3) is 41.0. The molecule has 294 valence electrons. The summed E-state index contributed by atoms with van der Waals surface area (Å²) in [5.41, 5.74) is 0. The Morgan fingerprint density at radius 1 is 0.480 bits per heavy atom.